The van der Waals surface area contributed by atoms with Crippen molar-refractivity contribution in [3.8, 4) is 6.07 Å². The van der Waals surface area contributed by atoms with Crippen LogP contribution < -0.4 is 0 Å². The van der Waals surface area contributed by atoms with Gasteiger partial charge < -0.3 is 0 Å². The van der Waals surface area contributed by atoms with Crippen molar-refractivity contribution in [1.82, 2.24) is 4.90 Å². The molecule has 0 aliphatic heterocycles. The number of rotatable bonds is 3. The Kier molecular flexibility index (Phi) is 3.37. The summed E-state index contributed by atoms with van der Waals surface area (Å²) in [7, 11) is 3.57. The van der Waals surface area contributed by atoms with E-state index in [2.05, 4.69) is 6.07 Å². The van der Waals surface area contributed by atoms with E-state index in [9.17, 15) is 10.1 Å². The van der Waals surface area contributed by atoms with Gasteiger partial charge in [0, 0.05) is 12.1 Å². The zero-order valence-corrected chi connectivity index (χ0v) is 8.54. The first-order valence-corrected chi connectivity index (χ1v) is 4.36. The molecule has 0 aliphatic carbocycles. The van der Waals surface area contributed by atoms with Crippen molar-refractivity contribution in [2.24, 2.45) is 0 Å². The van der Waals surface area contributed by atoms with E-state index in [1.807, 2.05) is 0 Å². The molecule has 1 unspecified atom stereocenters. The standard InChI is InChI=1S/C10H11N3O2/c1-12(2)10(7-11)8-3-5-9(6-4-8)13(14)15/h3-6,10H,1-2H3. The minimum Gasteiger partial charge on any atom is -0.291 e. The van der Waals surface area contributed by atoms with Crippen LogP contribution in [-0.2, 0) is 0 Å². The van der Waals surface area contributed by atoms with Crippen LogP contribution in [0, 0.1) is 21.4 Å². The molecule has 1 atom stereocenters. The minimum absolute atomic E-state index is 0.0363. The van der Waals surface area contributed by atoms with E-state index in [1.165, 1.54) is 12.1 Å². The van der Waals surface area contributed by atoms with E-state index in [0.717, 1.165) is 5.56 Å². The van der Waals surface area contributed by atoms with E-state index in [4.69, 9.17) is 5.26 Å². The molecule has 0 N–H and O–H groups in total. The average molecular weight is 205 g/mol. The molecule has 0 saturated carbocycles. The zero-order chi connectivity index (χ0) is 11.4. The maximum absolute atomic E-state index is 10.4. The minimum atomic E-state index is -0.458. The van der Waals surface area contributed by atoms with Gasteiger partial charge >= 0.3 is 0 Å². The lowest BCUT2D eigenvalue weighted by molar-refractivity contribution is -0.384. The smallest absolute Gasteiger partial charge is 0.269 e. The molecule has 0 spiro atoms. The highest BCUT2D eigenvalue weighted by molar-refractivity contribution is 5.35. The van der Waals surface area contributed by atoms with Crippen LogP contribution in [0.25, 0.3) is 0 Å². The van der Waals surface area contributed by atoms with Crippen LogP contribution in [0.4, 0.5) is 5.69 Å². The molecule has 5 heteroatoms. The summed E-state index contributed by atoms with van der Waals surface area (Å²) in [5.41, 5.74) is 0.794. The summed E-state index contributed by atoms with van der Waals surface area (Å²) in [4.78, 5) is 11.7. The van der Waals surface area contributed by atoms with Gasteiger partial charge in [0.1, 0.15) is 6.04 Å². The molecule has 1 aromatic carbocycles. The summed E-state index contributed by atoms with van der Waals surface area (Å²) in [6.45, 7) is 0. The fraction of sp³-hybridized carbons (Fsp3) is 0.300. The number of hydrogen-bond donors (Lipinski definition) is 0. The molecule has 0 bridgehead atoms. The Morgan fingerprint density at radius 1 is 1.40 bits per heavy atom. The molecule has 15 heavy (non-hydrogen) atoms. The van der Waals surface area contributed by atoms with E-state index < -0.39 is 4.92 Å². The van der Waals surface area contributed by atoms with Crippen molar-refractivity contribution < 1.29 is 4.92 Å². The molecular weight excluding hydrogens is 194 g/mol. The maximum Gasteiger partial charge on any atom is 0.269 e. The highest BCUT2D eigenvalue weighted by Crippen LogP contribution is 2.20. The van der Waals surface area contributed by atoms with E-state index in [0.29, 0.717) is 0 Å². The monoisotopic (exact) mass is 205 g/mol. The summed E-state index contributed by atoms with van der Waals surface area (Å²) < 4.78 is 0. The quantitative estimate of drug-likeness (QED) is 0.556. The molecular formula is C10H11N3O2. The molecule has 0 radical (unpaired) electrons. The second-order valence-electron chi connectivity index (χ2n) is 3.34. The van der Waals surface area contributed by atoms with Gasteiger partial charge in [-0.25, -0.2) is 0 Å². The summed E-state index contributed by atoms with van der Waals surface area (Å²) in [6, 6.07) is 7.77. The summed E-state index contributed by atoms with van der Waals surface area (Å²) in [5, 5.41) is 19.3. The number of nitro benzene ring substituents is 1. The van der Waals surface area contributed by atoms with Crippen LogP contribution in [0.15, 0.2) is 24.3 Å². The predicted octanol–water partition coefficient (Wildman–Crippen LogP) is 1.72. The Morgan fingerprint density at radius 3 is 2.27 bits per heavy atom. The Morgan fingerprint density at radius 2 is 1.93 bits per heavy atom. The molecule has 1 aromatic rings. The van der Waals surface area contributed by atoms with E-state index in [-0.39, 0.29) is 11.7 Å². The average Bonchev–Trinajstić information content (AvgIpc) is 2.19. The number of hydrogen-bond acceptors (Lipinski definition) is 4. The first-order chi connectivity index (χ1) is 7.06. The lowest BCUT2D eigenvalue weighted by atomic mass is 10.1. The van der Waals surface area contributed by atoms with Gasteiger partial charge in [-0.05, 0) is 31.8 Å². The molecule has 0 saturated heterocycles. The maximum atomic E-state index is 10.4. The SMILES string of the molecule is CN(C)C(C#N)c1ccc([N+](=O)[O-])cc1. The van der Waals surface area contributed by atoms with Crippen LogP contribution in [0.1, 0.15) is 11.6 Å². The normalized spacial score (nSPS) is 12.1. The van der Waals surface area contributed by atoms with Gasteiger partial charge in [-0.1, -0.05) is 0 Å². The molecule has 0 aromatic heterocycles. The topological polar surface area (TPSA) is 70.2 Å². The first-order valence-electron chi connectivity index (χ1n) is 4.36. The first kappa shape index (κ1) is 11.1. The third-order valence-electron chi connectivity index (χ3n) is 2.06. The van der Waals surface area contributed by atoms with Gasteiger partial charge in [-0.3, -0.25) is 15.0 Å². The van der Waals surface area contributed by atoms with Crippen LogP contribution in [0.2, 0.25) is 0 Å². The molecule has 0 fully saturated rings. The molecule has 0 amide bonds. The fourth-order valence-corrected chi connectivity index (χ4v) is 1.27. The molecule has 0 aliphatic rings. The van der Waals surface area contributed by atoms with Gasteiger partial charge in [0.2, 0.25) is 0 Å². The Labute approximate surface area is 87.7 Å². The van der Waals surface area contributed by atoms with Crippen LogP contribution in [0.5, 0.6) is 0 Å². The highest BCUT2D eigenvalue weighted by Gasteiger charge is 2.14. The Balaban J connectivity index is 2.98. The number of nitro groups is 1. The van der Waals surface area contributed by atoms with Gasteiger partial charge in [-0.2, -0.15) is 5.26 Å². The van der Waals surface area contributed by atoms with Crippen molar-refractivity contribution >= 4 is 5.69 Å². The molecule has 78 valence electrons. The summed E-state index contributed by atoms with van der Waals surface area (Å²) in [5.74, 6) is 0. The summed E-state index contributed by atoms with van der Waals surface area (Å²) >= 11 is 0. The molecule has 5 nitrogen and oxygen atoms in total. The molecule has 1 rings (SSSR count). The summed E-state index contributed by atoms with van der Waals surface area (Å²) in [6.07, 6.45) is 0. The fourth-order valence-electron chi connectivity index (χ4n) is 1.27. The predicted molar refractivity (Wildman–Crippen MR) is 55.1 cm³/mol. The third kappa shape index (κ3) is 2.51. The van der Waals surface area contributed by atoms with E-state index >= 15 is 0 Å². The Hall–Kier alpha value is -1.93. The Bertz CT molecular complexity index is 392. The third-order valence-corrected chi connectivity index (χ3v) is 2.06. The highest BCUT2D eigenvalue weighted by atomic mass is 16.6. The second-order valence-corrected chi connectivity index (χ2v) is 3.34. The van der Waals surface area contributed by atoms with Gasteiger partial charge in [0.05, 0.1) is 11.0 Å². The second kappa shape index (κ2) is 4.53. The van der Waals surface area contributed by atoms with Gasteiger partial charge in [0.15, 0.2) is 0 Å². The number of nitriles is 1. The van der Waals surface area contributed by atoms with Crippen molar-refractivity contribution in [2.45, 2.75) is 6.04 Å². The lowest BCUT2D eigenvalue weighted by Crippen LogP contribution is -2.18. The lowest BCUT2D eigenvalue weighted by Gasteiger charge is -2.16. The molecule has 0 heterocycles. The van der Waals surface area contributed by atoms with Gasteiger partial charge in [-0.15, -0.1) is 0 Å². The zero-order valence-electron chi connectivity index (χ0n) is 8.54. The van der Waals surface area contributed by atoms with Crippen LogP contribution in [-0.4, -0.2) is 23.9 Å². The van der Waals surface area contributed by atoms with Crippen molar-refractivity contribution in [2.75, 3.05) is 14.1 Å². The van der Waals surface area contributed by atoms with Gasteiger partial charge in [0.25, 0.3) is 5.69 Å². The largest absolute Gasteiger partial charge is 0.291 e. The van der Waals surface area contributed by atoms with Crippen molar-refractivity contribution in [3.05, 3.63) is 39.9 Å². The van der Waals surface area contributed by atoms with Crippen molar-refractivity contribution in [1.29, 1.82) is 5.26 Å². The van der Waals surface area contributed by atoms with Crippen LogP contribution in [0.3, 0.4) is 0 Å². The van der Waals surface area contributed by atoms with Crippen molar-refractivity contribution in [3.63, 3.8) is 0 Å². The number of benzene rings is 1. The number of nitrogens with zero attached hydrogens (tertiary/aromatic N) is 3. The van der Waals surface area contributed by atoms with Crippen LogP contribution >= 0.6 is 0 Å². The number of non-ortho nitro benzene ring substituents is 1. The van der Waals surface area contributed by atoms with E-state index in [1.54, 1.807) is 31.1 Å².